The number of nitrogens with zero attached hydrogens (tertiary/aromatic N) is 3. The molecule has 4 aromatic rings. The smallest absolute Gasteiger partial charge is 0.444 e. The Morgan fingerprint density at radius 2 is 1.79 bits per heavy atom. The summed E-state index contributed by atoms with van der Waals surface area (Å²) in [6, 6.07) is 13.0. The molecule has 0 saturated carbocycles. The van der Waals surface area contributed by atoms with E-state index in [-0.39, 0.29) is 23.5 Å². The van der Waals surface area contributed by atoms with Crippen LogP contribution in [0.3, 0.4) is 0 Å². The summed E-state index contributed by atoms with van der Waals surface area (Å²) in [5.74, 6) is -1.71. The number of nitrogens with one attached hydrogen (secondary N) is 1. The number of benzene rings is 2. The van der Waals surface area contributed by atoms with Crippen LogP contribution in [0.1, 0.15) is 35.8 Å². The van der Waals surface area contributed by atoms with Crippen molar-refractivity contribution in [2.75, 3.05) is 6.54 Å². The van der Waals surface area contributed by atoms with Crippen molar-refractivity contribution >= 4 is 17.5 Å². The standard InChI is InChI=1S/C23H18ClF3N4O3/c1-22(2,17-11-33-20(29-17)13-6-8-16(24)9-7-13)12-28-19(32)15-5-3-4-14(10-15)18-30-21(34-31-18)23(25,26)27/h3-11H,12H2,1-2H3,(H,28,32). The lowest BCUT2D eigenvalue weighted by Crippen LogP contribution is -2.37. The van der Waals surface area contributed by atoms with E-state index in [2.05, 4.69) is 25.0 Å². The van der Waals surface area contributed by atoms with Crippen LogP contribution < -0.4 is 5.32 Å². The molecule has 1 amide bonds. The van der Waals surface area contributed by atoms with Crippen molar-refractivity contribution < 1.29 is 26.9 Å². The molecule has 0 aliphatic rings. The third kappa shape index (κ3) is 5.12. The lowest BCUT2D eigenvalue weighted by molar-refractivity contribution is -0.159. The van der Waals surface area contributed by atoms with Crippen molar-refractivity contribution in [2.24, 2.45) is 0 Å². The number of hydrogen-bond acceptors (Lipinski definition) is 6. The summed E-state index contributed by atoms with van der Waals surface area (Å²) in [6.07, 6.45) is -3.22. The van der Waals surface area contributed by atoms with Crippen molar-refractivity contribution in [1.29, 1.82) is 0 Å². The van der Waals surface area contributed by atoms with Crippen LogP contribution in [0.25, 0.3) is 22.8 Å². The number of hydrogen-bond donors (Lipinski definition) is 1. The third-order valence-corrected chi connectivity index (χ3v) is 5.28. The molecule has 176 valence electrons. The second-order valence-electron chi connectivity index (χ2n) is 8.11. The van der Waals surface area contributed by atoms with E-state index in [1.54, 1.807) is 24.3 Å². The predicted molar refractivity (Wildman–Crippen MR) is 117 cm³/mol. The molecule has 0 radical (unpaired) electrons. The molecule has 0 bridgehead atoms. The first-order chi connectivity index (χ1) is 16.0. The van der Waals surface area contributed by atoms with Gasteiger partial charge in [0.15, 0.2) is 0 Å². The quantitative estimate of drug-likeness (QED) is 0.368. The lowest BCUT2D eigenvalue weighted by atomic mass is 9.90. The molecule has 7 nitrogen and oxygen atoms in total. The summed E-state index contributed by atoms with van der Waals surface area (Å²) in [7, 11) is 0. The highest BCUT2D eigenvalue weighted by Gasteiger charge is 2.38. The minimum Gasteiger partial charge on any atom is -0.444 e. The molecule has 2 aromatic heterocycles. The number of alkyl halides is 3. The number of amides is 1. The van der Waals surface area contributed by atoms with Gasteiger partial charge < -0.3 is 14.3 Å². The molecule has 1 N–H and O–H groups in total. The average molecular weight is 491 g/mol. The Morgan fingerprint density at radius 1 is 1.06 bits per heavy atom. The summed E-state index contributed by atoms with van der Waals surface area (Å²) in [5.41, 5.74) is 1.28. The predicted octanol–water partition coefficient (Wildman–Crippen LogP) is 5.77. The van der Waals surface area contributed by atoms with E-state index in [9.17, 15) is 18.0 Å². The van der Waals surface area contributed by atoms with Crippen molar-refractivity contribution in [3.05, 3.63) is 77.0 Å². The van der Waals surface area contributed by atoms with Crippen molar-refractivity contribution in [1.82, 2.24) is 20.4 Å². The highest BCUT2D eigenvalue weighted by atomic mass is 35.5. The Morgan fingerprint density at radius 3 is 2.47 bits per heavy atom. The van der Waals surface area contributed by atoms with Crippen molar-refractivity contribution in [3.63, 3.8) is 0 Å². The summed E-state index contributed by atoms with van der Waals surface area (Å²) in [4.78, 5) is 20.6. The Kier molecular flexibility index (Phi) is 6.18. The first kappa shape index (κ1) is 23.5. The van der Waals surface area contributed by atoms with E-state index < -0.39 is 23.4 Å². The van der Waals surface area contributed by atoms with E-state index in [1.165, 1.54) is 30.5 Å². The second kappa shape index (κ2) is 8.94. The highest BCUT2D eigenvalue weighted by Crippen LogP contribution is 2.30. The van der Waals surface area contributed by atoms with Gasteiger partial charge in [-0.15, -0.1) is 0 Å². The minimum absolute atomic E-state index is 0.218. The maximum absolute atomic E-state index is 12.7. The van der Waals surface area contributed by atoms with Gasteiger partial charge in [-0.1, -0.05) is 42.7 Å². The molecule has 0 aliphatic heterocycles. The van der Waals surface area contributed by atoms with Gasteiger partial charge in [0.25, 0.3) is 5.91 Å². The first-order valence-electron chi connectivity index (χ1n) is 10.0. The second-order valence-corrected chi connectivity index (χ2v) is 8.55. The summed E-state index contributed by atoms with van der Waals surface area (Å²) in [6.45, 7) is 4.01. The SMILES string of the molecule is CC(C)(CNC(=O)c1cccc(-c2noc(C(F)(F)F)n2)c1)c1coc(-c2ccc(Cl)cc2)n1. The zero-order valence-corrected chi connectivity index (χ0v) is 18.7. The van der Waals surface area contributed by atoms with E-state index in [0.717, 1.165) is 5.56 Å². The van der Waals surface area contributed by atoms with Crippen LogP contribution in [0.15, 0.2) is 63.7 Å². The molecule has 0 saturated heterocycles. The lowest BCUT2D eigenvalue weighted by Gasteiger charge is -2.22. The zero-order chi connectivity index (χ0) is 24.5. The maximum atomic E-state index is 12.7. The molecule has 0 fully saturated rings. The van der Waals surface area contributed by atoms with Gasteiger partial charge in [0.05, 0.1) is 5.69 Å². The van der Waals surface area contributed by atoms with Crippen molar-refractivity contribution in [3.8, 4) is 22.8 Å². The summed E-state index contributed by atoms with van der Waals surface area (Å²) < 4.78 is 48.0. The largest absolute Gasteiger partial charge is 0.471 e. The van der Waals surface area contributed by atoms with Gasteiger partial charge in [-0.3, -0.25) is 4.79 Å². The molecular weight excluding hydrogens is 473 g/mol. The van der Waals surface area contributed by atoms with Gasteiger partial charge in [0.1, 0.15) is 6.26 Å². The van der Waals surface area contributed by atoms with Gasteiger partial charge in [0.2, 0.25) is 11.7 Å². The molecule has 2 aromatic carbocycles. The highest BCUT2D eigenvalue weighted by molar-refractivity contribution is 6.30. The maximum Gasteiger partial charge on any atom is 0.471 e. The number of carbonyl (C=O) groups is 1. The average Bonchev–Trinajstić information content (AvgIpc) is 3.49. The Balaban J connectivity index is 1.45. The van der Waals surface area contributed by atoms with Gasteiger partial charge in [-0.25, -0.2) is 4.98 Å². The summed E-state index contributed by atoms with van der Waals surface area (Å²) >= 11 is 5.91. The van der Waals surface area contributed by atoms with E-state index in [0.29, 0.717) is 16.6 Å². The fraction of sp³-hybridized carbons (Fsp3) is 0.217. The molecule has 0 aliphatic carbocycles. The molecule has 0 unspecified atom stereocenters. The third-order valence-electron chi connectivity index (χ3n) is 5.03. The molecule has 0 spiro atoms. The van der Waals surface area contributed by atoms with Crippen LogP contribution in [-0.2, 0) is 11.6 Å². The van der Waals surface area contributed by atoms with Crippen LogP contribution in [0, 0.1) is 0 Å². The van der Waals surface area contributed by atoms with Gasteiger partial charge >= 0.3 is 12.1 Å². The van der Waals surface area contributed by atoms with E-state index >= 15 is 0 Å². The fourth-order valence-electron chi connectivity index (χ4n) is 3.06. The molecular formula is C23H18ClF3N4O3. The Bertz CT molecular complexity index is 1310. The molecule has 0 atom stereocenters. The van der Waals surface area contributed by atoms with Gasteiger partial charge in [-0.2, -0.15) is 18.2 Å². The van der Waals surface area contributed by atoms with Crippen LogP contribution in [0.5, 0.6) is 0 Å². The Labute approximate surface area is 197 Å². The van der Waals surface area contributed by atoms with Crippen LogP contribution in [0.2, 0.25) is 5.02 Å². The fourth-order valence-corrected chi connectivity index (χ4v) is 3.18. The number of halogens is 4. The van der Waals surface area contributed by atoms with E-state index in [4.69, 9.17) is 16.0 Å². The molecule has 34 heavy (non-hydrogen) atoms. The zero-order valence-electron chi connectivity index (χ0n) is 18.0. The first-order valence-corrected chi connectivity index (χ1v) is 10.4. The number of aromatic nitrogens is 3. The van der Waals surface area contributed by atoms with Crippen LogP contribution in [0.4, 0.5) is 13.2 Å². The number of oxazole rings is 1. The molecule has 2 heterocycles. The summed E-state index contributed by atoms with van der Waals surface area (Å²) in [5, 5.41) is 6.77. The monoisotopic (exact) mass is 490 g/mol. The van der Waals surface area contributed by atoms with Crippen molar-refractivity contribution in [2.45, 2.75) is 25.4 Å². The number of carbonyl (C=O) groups excluding carboxylic acids is 1. The van der Waals surface area contributed by atoms with Crippen LogP contribution >= 0.6 is 11.6 Å². The van der Waals surface area contributed by atoms with E-state index in [1.807, 2.05) is 13.8 Å². The Hall–Kier alpha value is -3.66. The normalized spacial score (nSPS) is 12.1. The minimum atomic E-state index is -4.75. The van der Waals surface area contributed by atoms with Crippen LogP contribution in [-0.4, -0.2) is 27.6 Å². The van der Waals surface area contributed by atoms with Gasteiger partial charge in [0, 0.05) is 33.7 Å². The molecule has 4 rings (SSSR count). The topological polar surface area (TPSA) is 94.1 Å². The van der Waals surface area contributed by atoms with Gasteiger partial charge in [-0.05, 0) is 36.4 Å². The molecule has 11 heteroatoms. The number of rotatable bonds is 6.